The minimum absolute atomic E-state index is 0.0927. The Balaban J connectivity index is 1.78. The number of aromatic nitrogens is 1. The number of aliphatic hydroxyl groups is 2. The highest BCUT2D eigenvalue weighted by Gasteiger charge is 2.18. The zero-order chi connectivity index (χ0) is 24.5. The second kappa shape index (κ2) is 12.3. The maximum absolute atomic E-state index is 9.75. The van der Waals surface area contributed by atoms with E-state index >= 15 is 0 Å². The van der Waals surface area contributed by atoms with Crippen LogP contribution in [0.4, 0.5) is 0 Å². The Bertz CT molecular complexity index is 1080. The van der Waals surface area contributed by atoms with Crippen molar-refractivity contribution >= 4 is 11.6 Å². The van der Waals surface area contributed by atoms with Gasteiger partial charge in [0.2, 0.25) is 11.8 Å². The van der Waals surface area contributed by atoms with Crippen molar-refractivity contribution in [2.75, 3.05) is 32.8 Å². The Morgan fingerprint density at radius 3 is 2.74 bits per heavy atom. The molecule has 180 valence electrons. The first-order valence-electron chi connectivity index (χ1n) is 11.3. The Morgan fingerprint density at radius 2 is 2.06 bits per heavy atom. The Kier molecular flexibility index (Phi) is 9.13. The number of aliphatic hydroxyl groups excluding tert-OH is 2. The summed E-state index contributed by atoms with van der Waals surface area (Å²) in [5, 5.41) is 28.3. The van der Waals surface area contributed by atoms with Crippen LogP contribution in [0.3, 0.4) is 0 Å². The van der Waals surface area contributed by atoms with Crippen LogP contribution in [0.2, 0.25) is 0 Å². The highest BCUT2D eigenvalue weighted by Crippen LogP contribution is 2.24. The largest absolute Gasteiger partial charge is 0.477 e. The van der Waals surface area contributed by atoms with E-state index in [1.165, 1.54) is 17.3 Å². The number of rotatable bonds is 9. The Morgan fingerprint density at radius 1 is 1.29 bits per heavy atom. The molecule has 0 saturated heterocycles. The summed E-state index contributed by atoms with van der Waals surface area (Å²) in [5.41, 5.74) is 4.43. The van der Waals surface area contributed by atoms with Crippen LogP contribution < -0.4 is 10.6 Å². The zero-order valence-corrected chi connectivity index (χ0v) is 19.4. The fourth-order valence-electron chi connectivity index (χ4n) is 3.80. The highest BCUT2D eigenvalue weighted by molar-refractivity contribution is 5.97. The molecular weight excluding hydrogens is 434 g/mol. The first-order valence-corrected chi connectivity index (χ1v) is 11.3. The first kappa shape index (κ1) is 25.3. The summed E-state index contributed by atoms with van der Waals surface area (Å²) in [7, 11) is 0. The molecule has 9 heteroatoms. The lowest BCUT2D eigenvalue weighted by Crippen LogP contribution is -2.35. The van der Waals surface area contributed by atoms with Crippen LogP contribution in [0.15, 0.2) is 42.0 Å². The Hall–Kier alpha value is -3.29. The van der Waals surface area contributed by atoms with Gasteiger partial charge in [-0.05, 0) is 48.1 Å². The summed E-state index contributed by atoms with van der Waals surface area (Å²) in [6.07, 6.45) is 3.24. The molecule has 4 N–H and O–H groups in total. The summed E-state index contributed by atoms with van der Waals surface area (Å²) in [6.45, 7) is 8.32. The lowest BCUT2D eigenvalue weighted by molar-refractivity contribution is 0.0605. The minimum Gasteiger partial charge on any atom is -0.477 e. The number of pyridine rings is 1. The molecule has 1 aromatic carbocycles. The molecule has 2 aromatic rings. The molecule has 0 bridgehead atoms. The number of ether oxygens (including phenoxy) is 1. The monoisotopic (exact) mass is 465 g/mol. The lowest BCUT2D eigenvalue weighted by atomic mass is 9.99. The van der Waals surface area contributed by atoms with Gasteiger partial charge in [0, 0.05) is 25.8 Å². The Labute approximate surface area is 199 Å². The van der Waals surface area contributed by atoms with Crippen molar-refractivity contribution in [1.82, 2.24) is 9.88 Å². The van der Waals surface area contributed by atoms with Crippen LogP contribution in [0.5, 0.6) is 5.88 Å². The van der Waals surface area contributed by atoms with Gasteiger partial charge in [-0.2, -0.15) is 11.2 Å². The van der Waals surface area contributed by atoms with Crippen molar-refractivity contribution < 1.29 is 19.8 Å². The number of nitrogens with two attached hydrogens (primary N) is 1. The van der Waals surface area contributed by atoms with Crippen molar-refractivity contribution in [2.45, 2.75) is 32.3 Å². The molecular formula is C25H31N5O4. The molecule has 0 aliphatic carbocycles. The van der Waals surface area contributed by atoms with Gasteiger partial charge in [0.1, 0.15) is 11.6 Å². The maximum atomic E-state index is 9.75. The van der Waals surface area contributed by atoms with E-state index in [4.69, 9.17) is 20.6 Å². The molecule has 0 unspecified atom stereocenters. The van der Waals surface area contributed by atoms with Crippen LogP contribution in [-0.4, -0.2) is 64.9 Å². The molecule has 1 aliphatic heterocycles. The molecule has 34 heavy (non-hydrogen) atoms. The molecule has 9 nitrogen and oxygen atoms in total. The van der Waals surface area contributed by atoms with Crippen LogP contribution in [-0.2, 0) is 17.7 Å². The fraction of sp³-hybridized carbons (Fsp3) is 0.400. The van der Waals surface area contributed by atoms with E-state index in [0.29, 0.717) is 24.4 Å². The normalized spacial score (nSPS) is 15.1. The highest BCUT2D eigenvalue weighted by atomic mass is 16.6. The molecule has 0 radical (unpaired) electrons. The number of nitrogens with zero attached hydrogens (tertiary/aromatic N) is 4. The van der Waals surface area contributed by atoms with Crippen LogP contribution in [0, 0.1) is 11.3 Å². The van der Waals surface area contributed by atoms with Gasteiger partial charge in [-0.15, -0.1) is 0 Å². The van der Waals surface area contributed by atoms with Crippen molar-refractivity contribution in [3.63, 3.8) is 0 Å². The topological polar surface area (TPSA) is 137 Å². The van der Waals surface area contributed by atoms with E-state index in [1.54, 1.807) is 6.07 Å². The predicted octanol–water partition coefficient (Wildman–Crippen LogP) is 1.80. The average Bonchev–Trinajstić information content (AvgIpc) is 3.07. The molecule has 1 aliphatic rings. The fourth-order valence-corrected chi connectivity index (χ4v) is 3.80. The molecule has 0 amide bonds. The third-order valence-corrected chi connectivity index (χ3v) is 5.62. The molecule has 0 saturated carbocycles. The number of nitriles is 1. The number of hydrogen-bond acceptors (Lipinski definition) is 9. The molecule has 1 aromatic heterocycles. The second-order valence-electron chi connectivity index (χ2n) is 8.14. The van der Waals surface area contributed by atoms with E-state index in [2.05, 4.69) is 39.7 Å². The third-order valence-electron chi connectivity index (χ3n) is 5.62. The van der Waals surface area contributed by atoms with E-state index in [1.807, 2.05) is 13.0 Å². The predicted molar refractivity (Wildman–Crippen MR) is 129 cm³/mol. The average molecular weight is 466 g/mol. The van der Waals surface area contributed by atoms with Gasteiger partial charge in [0.25, 0.3) is 0 Å². The first-order chi connectivity index (χ1) is 16.5. The van der Waals surface area contributed by atoms with Gasteiger partial charge in [-0.3, -0.25) is 0 Å². The summed E-state index contributed by atoms with van der Waals surface area (Å²) in [5.74, 6) is 5.83. The third kappa shape index (κ3) is 6.40. The summed E-state index contributed by atoms with van der Waals surface area (Å²) in [6, 6.07) is 9.72. The molecule has 2 heterocycles. The molecule has 1 atom stereocenters. The number of aliphatic imine (C=N–C) groups is 1. The van der Waals surface area contributed by atoms with Crippen molar-refractivity contribution in [1.29, 1.82) is 5.26 Å². The molecule has 0 fully saturated rings. The standard InChI is InChI=1S/C25H31N5O4/c1-3-10-33-24-21(13-26)12-22(14-28-24)25(34-27)29-17(2)19-5-4-18-6-8-30(15-23(32)16-31)9-7-20(18)11-19/h4-5,11-12,14,23,31-32H,2-3,6-10,15-16,27H2,1H3/b29-25-/t23-/m0/s1. The zero-order valence-electron chi connectivity index (χ0n) is 19.4. The summed E-state index contributed by atoms with van der Waals surface area (Å²) < 4.78 is 5.50. The summed E-state index contributed by atoms with van der Waals surface area (Å²) in [4.78, 5) is 15.8. The molecule has 3 rings (SSSR count). The summed E-state index contributed by atoms with van der Waals surface area (Å²) >= 11 is 0. The van der Waals surface area contributed by atoms with Crippen LogP contribution in [0.25, 0.3) is 5.70 Å². The number of fused-ring (bicyclic) bond motifs is 1. The smallest absolute Gasteiger partial charge is 0.246 e. The number of hydrogen-bond donors (Lipinski definition) is 3. The minimum atomic E-state index is -0.733. The second-order valence-corrected chi connectivity index (χ2v) is 8.14. The number of benzene rings is 1. The number of β-amino-alcohol motifs (C(OH)–C–C–N with tert-alkyl or cyclic N) is 1. The van der Waals surface area contributed by atoms with Crippen molar-refractivity contribution in [3.8, 4) is 11.9 Å². The van der Waals surface area contributed by atoms with Crippen LogP contribution in [0.1, 0.15) is 41.2 Å². The van der Waals surface area contributed by atoms with Crippen molar-refractivity contribution in [2.24, 2.45) is 10.9 Å². The quantitative estimate of drug-likeness (QED) is 0.290. The van der Waals surface area contributed by atoms with E-state index < -0.39 is 6.10 Å². The van der Waals surface area contributed by atoms with Crippen LogP contribution >= 0.6 is 0 Å². The SMILES string of the molecule is C=C(/N=C(\ON)c1cnc(OCCC)c(C#N)c1)c1ccc2c(c1)CCN(C[C@H](O)CO)CC2. The van der Waals surface area contributed by atoms with Crippen molar-refractivity contribution in [3.05, 3.63) is 64.9 Å². The van der Waals surface area contributed by atoms with Gasteiger partial charge in [0.15, 0.2) is 0 Å². The lowest BCUT2D eigenvalue weighted by Gasteiger charge is -2.21. The van der Waals surface area contributed by atoms with Gasteiger partial charge >= 0.3 is 0 Å². The van der Waals surface area contributed by atoms with E-state index in [-0.39, 0.29) is 23.9 Å². The van der Waals surface area contributed by atoms with Gasteiger partial charge < -0.3 is 24.7 Å². The molecule has 0 spiro atoms. The van der Waals surface area contributed by atoms with Gasteiger partial charge in [0.05, 0.1) is 30.6 Å². The van der Waals surface area contributed by atoms with Gasteiger partial charge in [-0.1, -0.05) is 25.6 Å². The van der Waals surface area contributed by atoms with E-state index in [0.717, 1.165) is 37.9 Å². The van der Waals surface area contributed by atoms with E-state index in [9.17, 15) is 10.4 Å². The van der Waals surface area contributed by atoms with Gasteiger partial charge in [-0.25, -0.2) is 9.98 Å². The maximum Gasteiger partial charge on any atom is 0.246 e.